The summed E-state index contributed by atoms with van der Waals surface area (Å²) in [5.74, 6) is 2.70. The van der Waals surface area contributed by atoms with Gasteiger partial charge in [0.05, 0.1) is 16.8 Å². The molecule has 17 heavy (non-hydrogen) atoms. The van der Waals surface area contributed by atoms with Crippen LogP contribution in [-0.2, 0) is 6.42 Å². The summed E-state index contributed by atoms with van der Waals surface area (Å²) in [5, 5.41) is 13.4. The average Bonchev–Trinajstić information content (AvgIpc) is 2.95. The van der Waals surface area contributed by atoms with Gasteiger partial charge in [-0.2, -0.15) is 0 Å². The maximum absolute atomic E-state index is 10.2. The molecule has 2 fully saturated rings. The monoisotopic (exact) mass is 251 g/mol. The molecule has 4 atom stereocenters. The van der Waals surface area contributed by atoms with E-state index in [1.807, 2.05) is 6.92 Å². The van der Waals surface area contributed by atoms with Gasteiger partial charge in [-0.25, -0.2) is 4.98 Å². The van der Waals surface area contributed by atoms with Crippen LogP contribution in [0.3, 0.4) is 0 Å². The van der Waals surface area contributed by atoms with Crippen LogP contribution in [-0.4, -0.2) is 16.2 Å². The lowest BCUT2D eigenvalue weighted by molar-refractivity contribution is 0.124. The van der Waals surface area contributed by atoms with Crippen LogP contribution in [0, 0.1) is 24.7 Å². The number of hydrogen-bond acceptors (Lipinski definition) is 3. The van der Waals surface area contributed by atoms with Crippen LogP contribution in [0.15, 0.2) is 5.38 Å². The zero-order valence-electron chi connectivity index (χ0n) is 10.4. The zero-order chi connectivity index (χ0) is 11.8. The van der Waals surface area contributed by atoms with Gasteiger partial charge in [-0.05, 0) is 50.4 Å². The van der Waals surface area contributed by atoms with Gasteiger partial charge in [-0.3, -0.25) is 0 Å². The minimum Gasteiger partial charge on any atom is -0.393 e. The zero-order valence-corrected chi connectivity index (χ0v) is 11.2. The van der Waals surface area contributed by atoms with Gasteiger partial charge < -0.3 is 5.11 Å². The molecule has 1 aromatic heterocycles. The SMILES string of the molecule is Cc1nc(CC(O)CC2CC3CCC2C3)cs1. The Balaban J connectivity index is 1.52. The van der Waals surface area contributed by atoms with Crippen molar-refractivity contribution < 1.29 is 5.11 Å². The molecule has 1 aromatic rings. The van der Waals surface area contributed by atoms with Gasteiger partial charge in [-0.15, -0.1) is 11.3 Å². The normalized spacial score (nSPS) is 33.2. The maximum atomic E-state index is 10.2. The van der Waals surface area contributed by atoms with Gasteiger partial charge in [-0.1, -0.05) is 6.42 Å². The van der Waals surface area contributed by atoms with Gasteiger partial charge in [0.1, 0.15) is 0 Å². The molecule has 3 rings (SSSR count). The van der Waals surface area contributed by atoms with Crippen LogP contribution >= 0.6 is 11.3 Å². The Morgan fingerprint density at radius 1 is 1.47 bits per heavy atom. The van der Waals surface area contributed by atoms with Crippen molar-refractivity contribution in [1.82, 2.24) is 4.98 Å². The Morgan fingerprint density at radius 3 is 2.94 bits per heavy atom. The molecule has 1 N–H and O–H groups in total. The van der Waals surface area contributed by atoms with Crippen molar-refractivity contribution >= 4 is 11.3 Å². The fourth-order valence-corrected chi connectivity index (χ4v) is 4.47. The van der Waals surface area contributed by atoms with Crippen LogP contribution in [0.5, 0.6) is 0 Å². The first-order valence-corrected chi connectivity index (χ1v) is 7.67. The third kappa shape index (κ3) is 2.55. The van der Waals surface area contributed by atoms with Crippen molar-refractivity contribution in [2.75, 3.05) is 0 Å². The number of aromatic nitrogens is 1. The maximum Gasteiger partial charge on any atom is 0.0897 e. The number of fused-ring (bicyclic) bond motifs is 2. The average molecular weight is 251 g/mol. The van der Waals surface area contributed by atoms with E-state index in [0.717, 1.165) is 41.3 Å². The van der Waals surface area contributed by atoms with E-state index in [1.165, 1.54) is 25.7 Å². The van der Waals surface area contributed by atoms with E-state index in [0.29, 0.717) is 0 Å². The molecule has 2 bridgehead atoms. The Hall–Kier alpha value is -0.410. The second-order valence-corrected chi connectivity index (χ2v) is 6.95. The largest absolute Gasteiger partial charge is 0.393 e. The van der Waals surface area contributed by atoms with Crippen LogP contribution in [0.4, 0.5) is 0 Å². The highest BCUT2D eigenvalue weighted by atomic mass is 32.1. The molecule has 2 aliphatic rings. The molecule has 2 saturated carbocycles. The second-order valence-electron chi connectivity index (χ2n) is 5.89. The first kappa shape index (κ1) is 11.7. The van der Waals surface area contributed by atoms with Crippen LogP contribution in [0.25, 0.3) is 0 Å². The predicted molar refractivity (Wildman–Crippen MR) is 70.1 cm³/mol. The molecule has 1 heterocycles. The summed E-state index contributed by atoms with van der Waals surface area (Å²) in [6, 6.07) is 0. The number of nitrogens with zero attached hydrogens (tertiary/aromatic N) is 1. The van der Waals surface area contributed by atoms with Gasteiger partial charge in [0.2, 0.25) is 0 Å². The number of aryl methyl sites for hydroxylation is 1. The molecule has 0 aromatic carbocycles. The lowest BCUT2D eigenvalue weighted by atomic mass is 9.84. The molecule has 0 amide bonds. The van der Waals surface area contributed by atoms with E-state index in [4.69, 9.17) is 0 Å². The summed E-state index contributed by atoms with van der Waals surface area (Å²) in [5.41, 5.74) is 1.07. The Bertz CT molecular complexity index is 389. The molecule has 3 heteroatoms. The Morgan fingerprint density at radius 2 is 2.35 bits per heavy atom. The van der Waals surface area contributed by atoms with Crippen LogP contribution < -0.4 is 0 Å². The van der Waals surface area contributed by atoms with Crippen LogP contribution in [0.2, 0.25) is 0 Å². The molecule has 2 nitrogen and oxygen atoms in total. The van der Waals surface area contributed by atoms with E-state index < -0.39 is 0 Å². The molecule has 94 valence electrons. The minimum atomic E-state index is -0.180. The quantitative estimate of drug-likeness (QED) is 0.891. The van der Waals surface area contributed by atoms with Crippen molar-refractivity contribution in [3.63, 3.8) is 0 Å². The lowest BCUT2D eigenvalue weighted by Crippen LogP contribution is -2.20. The molecule has 2 aliphatic carbocycles. The highest BCUT2D eigenvalue weighted by molar-refractivity contribution is 7.09. The van der Waals surface area contributed by atoms with E-state index in [9.17, 15) is 5.11 Å². The first-order chi connectivity index (χ1) is 8.20. The minimum absolute atomic E-state index is 0.180. The summed E-state index contributed by atoms with van der Waals surface area (Å²) in [4.78, 5) is 4.43. The van der Waals surface area contributed by atoms with Gasteiger partial charge >= 0.3 is 0 Å². The summed E-state index contributed by atoms with van der Waals surface area (Å²) < 4.78 is 0. The van der Waals surface area contributed by atoms with Crippen molar-refractivity contribution in [1.29, 1.82) is 0 Å². The molecule has 0 saturated heterocycles. The highest BCUT2D eigenvalue weighted by Crippen LogP contribution is 2.49. The number of thiazole rings is 1. The fourth-order valence-electron chi connectivity index (χ4n) is 3.84. The highest BCUT2D eigenvalue weighted by Gasteiger charge is 2.39. The van der Waals surface area contributed by atoms with E-state index in [-0.39, 0.29) is 6.10 Å². The molecular formula is C14H21NOS. The molecule has 0 radical (unpaired) electrons. The van der Waals surface area contributed by atoms with Crippen molar-refractivity contribution in [2.24, 2.45) is 17.8 Å². The number of aliphatic hydroxyl groups is 1. The Kier molecular flexibility index (Phi) is 3.22. The van der Waals surface area contributed by atoms with Crippen LogP contribution in [0.1, 0.15) is 42.8 Å². The third-order valence-electron chi connectivity index (χ3n) is 4.57. The van der Waals surface area contributed by atoms with Crippen molar-refractivity contribution in [3.8, 4) is 0 Å². The predicted octanol–water partition coefficient (Wildman–Crippen LogP) is 3.18. The third-order valence-corrected chi connectivity index (χ3v) is 5.39. The molecule has 0 aliphatic heterocycles. The fraction of sp³-hybridized carbons (Fsp3) is 0.786. The first-order valence-electron chi connectivity index (χ1n) is 6.80. The number of hydrogen-bond donors (Lipinski definition) is 1. The van der Waals surface area contributed by atoms with E-state index in [1.54, 1.807) is 11.3 Å². The topological polar surface area (TPSA) is 33.1 Å². The summed E-state index contributed by atoms with van der Waals surface area (Å²) >= 11 is 1.68. The smallest absolute Gasteiger partial charge is 0.0897 e. The summed E-state index contributed by atoms with van der Waals surface area (Å²) in [6.45, 7) is 2.02. The van der Waals surface area contributed by atoms with E-state index >= 15 is 0 Å². The van der Waals surface area contributed by atoms with Gasteiger partial charge in [0.15, 0.2) is 0 Å². The Labute approximate surface area is 107 Å². The number of rotatable bonds is 4. The van der Waals surface area contributed by atoms with Gasteiger partial charge in [0.25, 0.3) is 0 Å². The summed E-state index contributed by atoms with van der Waals surface area (Å²) in [6.07, 6.45) is 7.24. The lowest BCUT2D eigenvalue weighted by Gasteiger charge is -2.23. The second kappa shape index (κ2) is 4.69. The summed E-state index contributed by atoms with van der Waals surface area (Å²) in [7, 11) is 0. The van der Waals surface area contributed by atoms with E-state index in [2.05, 4.69) is 10.4 Å². The number of aliphatic hydroxyl groups excluding tert-OH is 1. The standard InChI is InChI=1S/C14H21NOS/c1-9-15-13(8-17-9)7-14(16)6-12-5-10-2-3-11(12)4-10/h8,10-12,14,16H,2-7H2,1H3. The molecule has 4 unspecified atom stereocenters. The molecular weight excluding hydrogens is 230 g/mol. The van der Waals surface area contributed by atoms with Crippen molar-refractivity contribution in [2.45, 2.75) is 51.6 Å². The molecule has 0 spiro atoms. The van der Waals surface area contributed by atoms with Gasteiger partial charge in [0, 0.05) is 11.8 Å². The van der Waals surface area contributed by atoms with Crippen molar-refractivity contribution in [3.05, 3.63) is 16.1 Å².